The number of nitrogens with zero attached hydrogens (tertiary/aromatic N) is 3. The predicted molar refractivity (Wildman–Crippen MR) is 113 cm³/mol. The van der Waals surface area contributed by atoms with Gasteiger partial charge in [0.05, 0.1) is 17.8 Å². The molecular weight excluding hydrogens is 422 g/mol. The van der Waals surface area contributed by atoms with Crippen molar-refractivity contribution in [2.75, 3.05) is 25.4 Å². The molecule has 3 amide bonds. The van der Waals surface area contributed by atoms with Gasteiger partial charge in [-0.2, -0.15) is 0 Å². The maximum absolute atomic E-state index is 13.0. The molecule has 1 unspecified atom stereocenters. The fourth-order valence-corrected chi connectivity index (χ4v) is 5.59. The fourth-order valence-electron chi connectivity index (χ4n) is 4.36. The van der Waals surface area contributed by atoms with Crippen molar-refractivity contribution in [1.29, 1.82) is 0 Å². The molecule has 0 spiro atoms. The molecule has 3 fully saturated rings. The summed E-state index contributed by atoms with van der Waals surface area (Å²) in [6, 6.07) is -0.0825. The van der Waals surface area contributed by atoms with Gasteiger partial charge < -0.3 is 19.6 Å². The number of carbonyl (C=O) groups is 4. The molecule has 4 rings (SSSR count). The predicted octanol–water partition coefficient (Wildman–Crippen LogP) is 1.80. The van der Waals surface area contributed by atoms with Crippen molar-refractivity contribution in [2.24, 2.45) is 0 Å². The van der Waals surface area contributed by atoms with E-state index in [4.69, 9.17) is 4.74 Å². The van der Waals surface area contributed by atoms with Gasteiger partial charge in [0.15, 0.2) is 0 Å². The Hall–Kier alpha value is -2.49. The smallest absolute Gasteiger partial charge is 0.410 e. The van der Waals surface area contributed by atoms with Crippen LogP contribution in [0.1, 0.15) is 40.0 Å². The van der Waals surface area contributed by atoms with Crippen molar-refractivity contribution < 1.29 is 29.0 Å². The molecular formula is C21H27N3O6S. The summed E-state index contributed by atoms with van der Waals surface area (Å²) in [6.45, 7) is 6.95. The second-order valence-corrected chi connectivity index (χ2v) is 10.4. The second-order valence-electron chi connectivity index (χ2n) is 9.20. The van der Waals surface area contributed by atoms with Gasteiger partial charge in [-0.25, -0.2) is 9.59 Å². The van der Waals surface area contributed by atoms with E-state index >= 15 is 0 Å². The van der Waals surface area contributed by atoms with Crippen LogP contribution in [0.4, 0.5) is 4.79 Å². The van der Waals surface area contributed by atoms with Crippen molar-refractivity contribution in [3.63, 3.8) is 0 Å². The van der Waals surface area contributed by atoms with Crippen LogP contribution < -0.4 is 0 Å². The van der Waals surface area contributed by atoms with Gasteiger partial charge >= 0.3 is 12.1 Å². The number of fused-ring (bicyclic) bond motifs is 1. The van der Waals surface area contributed by atoms with Crippen LogP contribution in [-0.2, 0) is 19.1 Å². The number of likely N-dealkylation sites (tertiary alicyclic amines) is 2. The van der Waals surface area contributed by atoms with Crippen LogP contribution in [0.15, 0.2) is 22.9 Å². The summed E-state index contributed by atoms with van der Waals surface area (Å²) in [6.07, 6.45) is 2.83. The zero-order valence-corrected chi connectivity index (χ0v) is 18.7. The Morgan fingerprint density at radius 3 is 2.61 bits per heavy atom. The molecule has 9 nitrogen and oxygen atoms in total. The standard InChI is InChI=1S/C21H27N3O6S/c1-21(2,3)30-20(29)22-6-5-14(10-22)23-7-4-12(18(23)26)8-13-11-31-16-9-15(25)24(16)17(13)19(27)28/h8,14,16H,4-7,9-11H2,1-3H3,(H,27,28)/b12-8+/t14-,16?/m1/s1. The number of allylic oxidation sites excluding steroid dienone is 1. The summed E-state index contributed by atoms with van der Waals surface area (Å²) in [5.74, 6) is -1.01. The Kier molecular flexibility index (Phi) is 5.53. The number of carboxylic acids is 1. The van der Waals surface area contributed by atoms with E-state index < -0.39 is 11.6 Å². The fraction of sp³-hybridized carbons (Fsp3) is 0.619. The molecule has 4 aliphatic heterocycles. The van der Waals surface area contributed by atoms with Gasteiger partial charge in [0.2, 0.25) is 11.8 Å². The van der Waals surface area contributed by atoms with Crippen molar-refractivity contribution in [1.82, 2.24) is 14.7 Å². The lowest BCUT2D eigenvalue weighted by atomic mass is 10.0. The third kappa shape index (κ3) is 4.17. The largest absolute Gasteiger partial charge is 0.477 e. The van der Waals surface area contributed by atoms with Crippen LogP contribution in [0.3, 0.4) is 0 Å². The van der Waals surface area contributed by atoms with Gasteiger partial charge in [-0.1, -0.05) is 0 Å². The Morgan fingerprint density at radius 2 is 1.97 bits per heavy atom. The van der Waals surface area contributed by atoms with Gasteiger partial charge in [-0.3, -0.25) is 14.5 Å². The van der Waals surface area contributed by atoms with E-state index in [1.54, 1.807) is 15.9 Å². The summed E-state index contributed by atoms with van der Waals surface area (Å²) >= 11 is 1.52. The monoisotopic (exact) mass is 449 g/mol. The molecule has 31 heavy (non-hydrogen) atoms. The second kappa shape index (κ2) is 7.89. The Bertz CT molecular complexity index is 905. The first kappa shape index (κ1) is 21.7. The maximum atomic E-state index is 13.0. The van der Waals surface area contributed by atoms with E-state index in [9.17, 15) is 24.3 Å². The van der Waals surface area contributed by atoms with Gasteiger partial charge in [0, 0.05) is 31.0 Å². The minimum atomic E-state index is -1.14. The number of aliphatic carboxylic acids is 1. The first-order valence-corrected chi connectivity index (χ1v) is 11.5. The molecule has 0 aromatic carbocycles. The van der Waals surface area contributed by atoms with Crippen molar-refractivity contribution >= 4 is 35.6 Å². The van der Waals surface area contributed by atoms with Crippen LogP contribution in [0.5, 0.6) is 0 Å². The topological polar surface area (TPSA) is 107 Å². The van der Waals surface area contributed by atoms with E-state index in [1.807, 2.05) is 20.8 Å². The van der Waals surface area contributed by atoms with E-state index in [2.05, 4.69) is 0 Å². The van der Waals surface area contributed by atoms with Gasteiger partial charge in [0.25, 0.3) is 0 Å². The highest BCUT2D eigenvalue weighted by molar-refractivity contribution is 8.00. The highest BCUT2D eigenvalue weighted by Gasteiger charge is 2.45. The molecule has 0 saturated carbocycles. The van der Waals surface area contributed by atoms with Crippen molar-refractivity contribution in [3.05, 3.63) is 22.9 Å². The molecule has 2 atom stereocenters. The van der Waals surface area contributed by atoms with E-state index in [0.29, 0.717) is 55.8 Å². The summed E-state index contributed by atoms with van der Waals surface area (Å²) in [5, 5.41) is 9.52. The van der Waals surface area contributed by atoms with Crippen LogP contribution in [0, 0.1) is 0 Å². The van der Waals surface area contributed by atoms with Gasteiger partial charge in [-0.15, -0.1) is 11.8 Å². The Morgan fingerprint density at radius 1 is 1.23 bits per heavy atom. The Balaban J connectivity index is 1.46. The summed E-state index contributed by atoms with van der Waals surface area (Å²) in [4.78, 5) is 53.8. The number of carbonyl (C=O) groups excluding carboxylic acids is 3. The number of rotatable bonds is 3. The average Bonchev–Trinajstić information content (AvgIpc) is 3.27. The molecule has 168 valence electrons. The number of thioether (sulfide) groups is 1. The van der Waals surface area contributed by atoms with E-state index in [-0.39, 0.29) is 35.0 Å². The molecule has 0 radical (unpaired) electrons. The first-order chi connectivity index (χ1) is 14.5. The number of hydrogen-bond acceptors (Lipinski definition) is 6. The molecule has 0 aliphatic carbocycles. The third-order valence-electron chi connectivity index (χ3n) is 5.85. The van der Waals surface area contributed by atoms with Crippen molar-refractivity contribution in [3.8, 4) is 0 Å². The lowest BCUT2D eigenvalue weighted by Gasteiger charge is -2.43. The van der Waals surface area contributed by atoms with Crippen LogP contribution in [-0.4, -0.2) is 86.1 Å². The molecule has 1 N–H and O–H groups in total. The summed E-state index contributed by atoms with van der Waals surface area (Å²) in [7, 11) is 0. The minimum Gasteiger partial charge on any atom is -0.477 e. The number of amides is 3. The normalized spacial score (nSPS) is 27.7. The minimum absolute atomic E-state index is 0.00397. The van der Waals surface area contributed by atoms with Crippen molar-refractivity contribution in [2.45, 2.75) is 57.1 Å². The quantitative estimate of drug-likeness (QED) is 0.517. The zero-order valence-electron chi connectivity index (χ0n) is 17.9. The van der Waals surface area contributed by atoms with Crippen LogP contribution in [0.2, 0.25) is 0 Å². The lowest BCUT2D eigenvalue weighted by Crippen LogP contribution is -2.53. The number of hydrogen-bond donors (Lipinski definition) is 1. The Labute approximate surface area is 185 Å². The zero-order chi connectivity index (χ0) is 22.5. The molecule has 0 aromatic heterocycles. The van der Waals surface area contributed by atoms with Crippen LogP contribution in [0.25, 0.3) is 0 Å². The number of carboxylic acid groups (broad SMARTS) is 1. The van der Waals surface area contributed by atoms with Crippen LogP contribution >= 0.6 is 11.8 Å². The number of β-lactam (4-membered cyclic amide) rings is 1. The first-order valence-electron chi connectivity index (χ1n) is 10.4. The highest BCUT2D eigenvalue weighted by atomic mass is 32.2. The maximum Gasteiger partial charge on any atom is 0.410 e. The van der Waals surface area contributed by atoms with Gasteiger partial charge in [0.1, 0.15) is 11.3 Å². The molecule has 0 aromatic rings. The SMILES string of the molecule is CC(C)(C)OC(=O)N1CC[C@@H](N2CC/C(=C\C3=C(C(=O)O)N4C(=O)CC4SC3)C2=O)C1. The molecule has 10 heteroatoms. The average molecular weight is 450 g/mol. The third-order valence-corrected chi connectivity index (χ3v) is 7.09. The summed E-state index contributed by atoms with van der Waals surface area (Å²) in [5.41, 5.74) is 0.486. The van der Waals surface area contributed by atoms with E-state index in [1.165, 1.54) is 16.7 Å². The molecule has 0 bridgehead atoms. The number of ether oxygens (including phenoxy) is 1. The molecule has 3 saturated heterocycles. The molecule has 4 aliphatic rings. The highest BCUT2D eigenvalue weighted by Crippen LogP contribution is 2.41. The molecule has 4 heterocycles. The summed E-state index contributed by atoms with van der Waals surface area (Å²) < 4.78 is 5.42. The van der Waals surface area contributed by atoms with E-state index in [0.717, 1.165) is 0 Å². The van der Waals surface area contributed by atoms with Gasteiger partial charge in [-0.05, 0) is 45.3 Å². The lowest BCUT2D eigenvalue weighted by molar-refractivity contribution is -0.146.